The highest BCUT2D eigenvalue weighted by Crippen LogP contribution is 2.34. The van der Waals surface area contributed by atoms with E-state index in [1.54, 1.807) is 42.5 Å². The highest BCUT2D eigenvalue weighted by atomic mass is 35.5. The topological polar surface area (TPSA) is 105 Å². The molecule has 48 heavy (non-hydrogen) atoms. The van der Waals surface area contributed by atoms with Crippen LogP contribution in [0, 0.1) is 6.92 Å². The number of amides is 2. The van der Waals surface area contributed by atoms with Crippen molar-refractivity contribution in [3.8, 4) is 11.5 Å². The molecule has 0 aliphatic carbocycles. The zero-order valence-electron chi connectivity index (χ0n) is 27.9. The Kier molecular flexibility index (Phi) is 12.5. The van der Waals surface area contributed by atoms with Crippen LogP contribution in [0.25, 0.3) is 0 Å². The molecule has 2 amide bonds. The molecule has 0 bridgehead atoms. The number of anilines is 1. The molecular formula is C37H42ClN3O6S. The summed E-state index contributed by atoms with van der Waals surface area (Å²) in [5.41, 5.74) is 2.60. The van der Waals surface area contributed by atoms with Gasteiger partial charge in [0.2, 0.25) is 11.8 Å². The summed E-state index contributed by atoms with van der Waals surface area (Å²) in [7, 11) is -1.36. The van der Waals surface area contributed by atoms with Crippen LogP contribution in [0.3, 0.4) is 0 Å². The molecule has 0 radical (unpaired) electrons. The molecule has 254 valence electrons. The third-order valence-electron chi connectivity index (χ3n) is 8.06. The number of methoxy groups -OCH3 is 2. The second kappa shape index (κ2) is 16.5. The number of nitrogens with zero attached hydrogens (tertiary/aromatic N) is 2. The fraction of sp³-hybridized carbons (Fsp3) is 0.297. The Morgan fingerprint density at radius 1 is 0.854 bits per heavy atom. The normalized spacial score (nSPS) is 12.5. The summed E-state index contributed by atoms with van der Waals surface area (Å²) in [6.07, 6.45) is 0.893. The van der Waals surface area contributed by atoms with Crippen LogP contribution in [0.4, 0.5) is 5.69 Å². The molecule has 4 rings (SSSR count). The number of benzene rings is 4. The fourth-order valence-corrected chi connectivity index (χ4v) is 6.79. The number of hydrogen-bond donors (Lipinski definition) is 1. The summed E-state index contributed by atoms with van der Waals surface area (Å²) in [4.78, 5) is 30.1. The SMILES string of the molecule is CC[C@H](C)NC(=O)[C@H](Cc1ccccc1)N(Cc1cccc(Cl)c1)C(=O)CN(c1ccc(OC)c(OC)c1)S(=O)(=O)c1ccc(C)cc1. The molecule has 11 heteroatoms. The van der Waals surface area contributed by atoms with Gasteiger partial charge in [-0.25, -0.2) is 8.42 Å². The van der Waals surface area contributed by atoms with E-state index in [0.717, 1.165) is 15.4 Å². The number of sulfonamides is 1. The van der Waals surface area contributed by atoms with E-state index < -0.39 is 28.5 Å². The van der Waals surface area contributed by atoms with Gasteiger partial charge in [-0.15, -0.1) is 0 Å². The van der Waals surface area contributed by atoms with Gasteiger partial charge in [0.1, 0.15) is 12.6 Å². The maximum Gasteiger partial charge on any atom is 0.264 e. The first-order valence-electron chi connectivity index (χ1n) is 15.7. The van der Waals surface area contributed by atoms with Crippen LogP contribution in [-0.4, -0.2) is 58.0 Å². The van der Waals surface area contributed by atoms with Crippen molar-refractivity contribution in [2.75, 3.05) is 25.1 Å². The van der Waals surface area contributed by atoms with Gasteiger partial charge in [0.05, 0.1) is 24.8 Å². The molecular weight excluding hydrogens is 650 g/mol. The smallest absolute Gasteiger partial charge is 0.264 e. The van der Waals surface area contributed by atoms with Gasteiger partial charge < -0.3 is 19.7 Å². The molecule has 9 nitrogen and oxygen atoms in total. The lowest BCUT2D eigenvalue weighted by Gasteiger charge is -2.34. The van der Waals surface area contributed by atoms with Gasteiger partial charge in [-0.2, -0.15) is 0 Å². The minimum absolute atomic E-state index is 0.00688. The largest absolute Gasteiger partial charge is 0.493 e. The van der Waals surface area contributed by atoms with Gasteiger partial charge in [0, 0.05) is 30.1 Å². The molecule has 1 N–H and O–H groups in total. The molecule has 0 spiro atoms. The predicted octanol–water partition coefficient (Wildman–Crippen LogP) is 6.42. The quantitative estimate of drug-likeness (QED) is 0.154. The summed E-state index contributed by atoms with van der Waals surface area (Å²) < 4.78 is 40.6. The zero-order chi connectivity index (χ0) is 34.8. The Labute approximate surface area is 288 Å². The standard InChI is InChI=1S/C37H42ClN3O6S/c1-6-27(3)39-37(43)33(22-28-11-8-7-9-12-28)40(24-29-13-10-14-30(38)21-29)36(42)25-41(31-17-20-34(46-4)35(23-31)47-5)48(44,45)32-18-15-26(2)16-19-32/h7-21,23,27,33H,6,22,24-25H2,1-5H3,(H,39,43)/t27-,33-/m0/s1. The molecule has 4 aromatic rings. The van der Waals surface area contributed by atoms with E-state index in [9.17, 15) is 18.0 Å². The Hall–Kier alpha value is -4.54. The molecule has 4 aromatic carbocycles. The highest BCUT2D eigenvalue weighted by molar-refractivity contribution is 7.92. The molecule has 2 atom stereocenters. The van der Waals surface area contributed by atoms with Gasteiger partial charge >= 0.3 is 0 Å². The Morgan fingerprint density at radius 3 is 2.15 bits per heavy atom. The van der Waals surface area contributed by atoms with Gasteiger partial charge in [0.25, 0.3) is 10.0 Å². The number of ether oxygens (including phenoxy) is 2. The molecule has 0 aromatic heterocycles. The van der Waals surface area contributed by atoms with E-state index >= 15 is 0 Å². The van der Waals surface area contributed by atoms with Crippen molar-refractivity contribution in [1.82, 2.24) is 10.2 Å². The summed E-state index contributed by atoms with van der Waals surface area (Å²) >= 11 is 6.33. The predicted molar refractivity (Wildman–Crippen MR) is 189 cm³/mol. The molecule has 0 saturated heterocycles. The third-order valence-corrected chi connectivity index (χ3v) is 10.1. The van der Waals surface area contributed by atoms with Crippen LogP contribution >= 0.6 is 11.6 Å². The van der Waals surface area contributed by atoms with E-state index in [1.807, 2.05) is 57.2 Å². The monoisotopic (exact) mass is 691 g/mol. The van der Waals surface area contributed by atoms with Gasteiger partial charge in [-0.05, 0) is 67.8 Å². The van der Waals surface area contributed by atoms with Crippen molar-refractivity contribution >= 4 is 39.1 Å². The van der Waals surface area contributed by atoms with E-state index in [1.165, 1.54) is 37.3 Å². The van der Waals surface area contributed by atoms with Crippen molar-refractivity contribution in [1.29, 1.82) is 0 Å². The number of carbonyl (C=O) groups excluding carboxylic acids is 2. The lowest BCUT2D eigenvalue weighted by atomic mass is 10.0. The van der Waals surface area contributed by atoms with Crippen molar-refractivity contribution in [2.24, 2.45) is 0 Å². The van der Waals surface area contributed by atoms with Crippen LogP contribution in [0.15, 0.2) is 102 Å². The van der Waals surface area contributed by atoms with Gasteiger partial charge in [-0.3, -0.25) is 13.9 Å². The van der Waals surface area contributed by atoms with Gasteiger partial charge in [0.15, 0.2) is 11.5 Å². The molecule has 0 aliphatic rings. The number of aryl methyl sites for hydroxylation is 1. The maximum absolute atomic E-state index is 14.7. The number of hydrogen-bond acceptors (Lipinski definition) is 6. The molecule has 0 heterocycles. The Bertz CT molecular complexity index is 1800. The number of rotatable bonds is 15. The molecule has 0 saturated carbocycles. The number of nitrogens with one attached hydrogen (secondary N) is 1. The fourth-order valence-electron chi connectivity index (χ4n) is 5.17. The first-order valence-corrected chi connectivity index (χ1v) is 17.5. The van der Waals surface area contributed by atoms with Crippen molar-refractivity contribution < 1.29 is 27.5 Å². The average Bonchev–Trinajstić information content (AvgIpc) is 3.08. The van der Waals surface area contributed by atoms with E-state index in [0.29, 0.717) is 22.8 Å². The third kappa shape index (κ3) is 9.08. The van der Waals surface area contributed by atoms with Crippen molar-refractivity contribution in [3.63, 3.8) is 0 Å². The lowest BCUT2D eigenvalue weighted by molar-refractivity contribution is -0.140. The lowest BCUT2D eigenvalue weighted by Crippen LogP contribution is -2.54. The van der Waals surface area contributed by atoms with Gasteiger partial charge in [-0.1, -0.05) is 78.7 Å². The summed E-state index contributed by atoms with van der Waals surface area (Å²) in [5, 5.41) is 3.51. The second-order valence-electron chi connectivity index (χ2n) is 11.5. The minimum Gasteiger partial charge on any atom is -0.493 e. The van der Waals surface area contributed by atoms with Crippen molar-refractivity contribution in [3.05, 3.63) is 119 Å². The highest BCUT2D eigenvalue weighted by Gasteiger charge is 2.35. The van der Waals surface area contributed by atoms with Crippen LogP contribution in [-0.2, 0) is 32.6 Å². The Balaban J connectivity index is 1.85. The van der Waals surface area contributed by atoms with Crippen LogP contribution in [0.2, 0.25) is 5.02 Å². The van der Waals surface area contributed by atoms with Crippen LogP contribution in [0.5, 0.6) is 11.5 Å². The minimum atomic E-state index is -4.28. The maximum atomic E-state index is 14.7. The molecule has 0 aliphatic heterocycles. The average molecular weight is 692 g/mol. The first-order chi connectivity index (χ1) is 23.0. The van der Waals surface area contributed by atoms with Crippen LogP contribution < -0.4 is 19.1 Å². The first kappa shape index (κ1) is 36.3. The van der Waals surface area contributed by atoms with E-state index in [-0.39, 0.29) is 41.2 Å². The number of carbonyl (C=O) groups is 2. The Morgan fingerprint density at radius 2 is 1.52 bits per heavy atom. The summed E-state index contributed by atoms with van der Waals surface area (Å²) in [6, 6.07) is 26.4. The summed E-state index contributed by atoms with van der Waals surface area (Å²) in [6.45, 7) is 5.12. The summed E-state index contributed by atoms with van der Waals surface area (Å²) in [5.74, 6) is -0.243. The number of halogens is 1. The molecule has 0 unspecified atom stereocenters. The van der Waals surface area contributed by atoms with E-state index in [2.05, 4.69) is 5.32 Å². The van der Waals surface area contributed by atoms with E-state index in [4.69, 9.17) is 21.1 Å². The zero-order valence-corrected chi connectivity index (χ0v) is 29.4. The second-order valence-corrected chi connectivity index (χ2v) is 13.8. The molecule has 0 fully saturated rings. The van der Waals surface area contributed by atoms with Crippen molar-refractivity contribution in [2.45, 2.75) is 57.1 Å². The van der Waals surface area contributed by atoms with Crippen LogP contribution in [0.1, 0.15) is 37.0 Å².